The molecule has 4 rings (SSSR count). The van der Waals surface area contributed by atoms with E-state index >= 15 is 0 Å². The molecule has 1 aromatic carbocycles. The van der Waals surface area contributed by atoms with E-state index < -0.39 is 0 Å². The van der Waals surface area contributed by atoms with Crippen LogP contribution in [0.15, 0.2) is 29.5 Å². The molecule has 1 unspecified atom stereocenters. The van der Waals surface area contributed by atoms with E-state index in [4.69, 9.17) is 4.84 Å². The van der Waals surface area contributed by atoms with E-state index in [2.05, 4.69) is 42.0 Å². The van der Waals surface area contributed by atoms with Crippen LogP contribution in [0, 0.1) is 0 Å². The molecule has 1 atom stereocenters. The minimum absolute atomic E-state index is 0.686. The molecule has 0 fully saturated rings. The lowest BCUT2D eigenvalue weighted by atomic mass is 9.85. The van der Waals surface area contributed by atoms with E-state index in [1.165, 1.54) is 82.3 Å². The van der Waals surface area contributed by atoms with Gasteiger partial charge in [0.1, 0.15) is 0 Å². The minimum Gasteiger partial charge on any atom is -0.300 e. The van der Waals surface area contributed by atoms with Gasteiger partial charge in [-0.1, -0.05) is 26.0 Å². The molecule has 0 amide bonds. The number of aryl methyl sites for hydroxylation is 1. The average molecular weight is 355 g/mol. The van der Waals surface area contributed by atoms with Gasteiger partial charge in [0.25, 0.3) is 0 Å². The maximum Gasteiger partial charge on any atom is 0.0984 e. The van der Waals surface area contributed by atoms with Gasteiger partial charge in [-0.05, 0) is 93.6 Å². The van der Waals surface area contributed by atoms with Crippen LogP contribution in [-0.2, 0) is 17.7 Å². The Kier molecular flexibility index (Phi) is 5.66. The zero-order valence-electron chi connectivity index (χ0n) is 16.6. The van der Waals surface area contributed by atoms with Crippen molar-refractivity contribution in [3.63, 3.8) is 0 Å². The molecule has 0 N–H and O–H groups in total. The van der Waals surface area contributed by atoms with Crippen LogP contribution >= 0.6 is 0 Å². The van der Waals surface area contributed by atoms with E-state index in [-0.39, 0.29) is 0 Å². The monoisotopic (exact) mass is 354 g/mol. The largest absolute Gasteiger partial charge is 0.300 e. The fourth-order valence-corrected chi connectivity index (χ4v) is 5.09. The fraction of sp³-hybridized carbons (Fsp3) is 0.652. The third-order valence-corrected chi connectivity index (χ3v) is 6.36. The van der Waals surface area contributed by atoms with Crippen LogP contribution in [0.1, 0.15) is 69.9 Å². The highest BCUT2D eigenvalue weighted by Gasteiger charge is 2.31. The first-order valence-corrected chi connectivity index (χ1v) is 10.8. The summed E-state index contributed by atoms with van der Waals surface area (Å²) < 4.78 is 0. The third-order valence-electron chi connectivity index (χ3n) is 6.36. The van der Waals surface area contributed by atoms with Crippen LogP contribution in [0.3, 0.4) is 0 Å². The molecule has 0 aromatic heterocycles. The van der Waals surface area contributed by atoms with Crippen LogP contribution in [-0.4, -0.2) is 30.6 Å². The first-order valence-electron chi connectivity index (χ1n) is 10.8. The van der Waals surface area contributed by atoms with Crippen LogP contribution in [0.25, 0.3) is 0 Å². The van der Waals surface area contributed by atoms with E-state index in [1.807, 2.05) is 0 Å². The van der Waals surface area contributed by atoms with Crippen LogP contribution in [0.5, 0.6) is 0 Å². The van der Waals surface area contributed by atoms with Gasteiger partial charge >= 0.3 is 0 Å². The first kappa shape index (κ1) is 18.1. The second-order valence-corrected chi connectivity index (χ2v) is 8.17. The Labute approximate surface area is 159 Å². The lowest BCUT2D eigenvalue weighted by molar-refractivity contribution is 0.165. The number of hydrogen-bond acceptors (Lipinski definition) is 3. The summed E-state index contributed by atoms with van der Waals surface area (Å²) in [6, 6.07) is 7.54. The SMILES string of the molecule is CCCN(CCC)C1CCc2cccc(N3OCC4=C3CCCC4)c2C1. The van der Waals surface area contributed by atoms with Crippen molar-refractivity contribution in [3.05, 3.63) is 40.6 Å². The molecule has 2 aliphatic carbocycles. The zero-order valence-corrected chi connectivity index (χ0v) is 16.6. The number of anilines is 1. The van der Waals surface area contributed by atoms with Crippen LogP contribution in [0.4, 0.5) is 5.69 Å². The van der Waals surface area contributed by atoms with Gasteiger partial charge in [-0.3, -0.25) is 4.84 Å². The predicted octanol–water partition coefficient (Wildman–Crippen LogP) is 5.25. The van der Waals surface area contributed by atoms with Crippen LogP contribution in [0.2, 0.25) is 0 Å². The quantitative estimate of drug-likeness (QED) is 0.694. The fourth-order valence-electron chi connectivity index (χ4n) is 5.09. The predicted molar refractivity (Wildman–Crippen MR) is 108 cm³/mol. The van der Waals surface area contributed by atoms with E-state index in [1.54, 1.807) is 16.7 Å². The standard InChI is InChI=1S/C23H34N2O/c1-3-14-24(15-4-2)20-13-12-18-9-7-11-23(21(18)16-20)25-22-10-6-5-8-19(22)17-26-25/h7,9,11,20H,3-6,8,10,12-17H2,1-2H3. The van der Waals surface area contributed by atoms with Crippen molar-refractivity contribution in [2.24, 2.45) is 0 Å². The summed E-state index contributed by atoms with van der Waals surface area (Å²) in [7, 11) is 0. The van der Waals surface area contributed by atoms with Crippen molar-refractivity contribution in [2.45, 2.75) is 77.7 Å². The first-order chi connectivity index (χ1) is 12.8. The summed E-state index contributed by atoms with van der Waals surface area (Å²) in [5, 5.41) is 2.21. The van der Waals surface area contributed by atoms with Gasteiger partial charge in [0, 0.05) is 11.7 Å². The van der Waals surface area contributed by atoms with Gasteiger partial charge < -0.3 is 4.90 Å². The molecule has 142 valence electrons. The lowest BCUT2D eigenvalue weighted by Gasteiger charge is -2.37. The van der Waals surface area contributed by atoms with Gasteiger partial charge in [-0.2, -0.15) is 0 Å². The average Bonchev–Trinajstić information content (AvgIpc) is 3.11. The topological polar surface area (TPSA) is 15.7 Å². The molecule has 1 heterocycles. The Bertz CT molecular complexity index is 660. The van der Waals surface area contributed by atoms with Gasteiger partial charge in [0.15, 0.2) is 0 Å². The molecule has 3 aliphatic rings. The van der Waals surface area contributed by atoms with Crippen molar-refractivity contribution < 1.29 is 4.84 Å². The van der Waals surface area contributed by atoms with Gasteiger partial charge in [0.05, 0.1) is 12.3 Å². The maximum atomic E-state index is 6.19. The van der Waals surface area contributed by atoms with E-state index in [9.17, 15) is 0 Å². The smallest absolute Gasteiger partial charge is 0.0984 e. The molecule has 3 heteroatoms. The lowest BCUT2D eigenvalue weighted by Crippen LogP contribution is -2.40. The van der Waals surface area contributed by atoms with E-state index in [0.717, 1.165) is 6.61 Å². The number of nitrogens with zero attached hydrogens (tertiary/aromatic N) is 2. The Morgan fingerprint density at radius 3 is 2.69 bits per heavy atom. The van der Waals surface area contributed by atoms with E-state index in [0.29, 0.717) is 6.04 Å². The molecule has 1 aliphatic heterocycles. The second-order valence-electron chi connectivity index (χ2n) is 8.17. The number of hydrogen-bond donors (Lipinski definition) is 0. The summed E-state index contributed by atoms with van der Waals surface area (Å²) in [5.74, 6) is 0. The van der Waals surface area contributed by atoms with Gasteiger partial charge in [-0.15, -0.1) is 0 Å². The molecular weight excluding hydrogens is 320 g/mol. The molecular formula is C23H34N2O. The van der Waals surface area contributed by atoms with Crippen molar-refractivity contribution >= 4 is 5.69 Å². The highest BCUT2D eigenvalue weighted by Crippen LogP contribution is 2.40. The Balaban J connectivity index is 1.61. The number of rotatable bonds is 6. The van der Waals surface area contributed by atoms with Gasteiger partial charge in [0.2, 0.25) is 0 Å². The zero-order chi connectivity index (χ0) is 17.9. The Morgan fingerprint density at radius 1 is 1.08 bits per heavy atom. The number of hydroxylamine groups is 1. The highest BCUT2D eigenvalue weighted by atomic mass is 16.7. The van der Waals surface area contributed by atoms with Crippen LogP contribution < -0.4 is 5.06 Å². The molecule has 0 saturated heterocycles. The molecule has 0 bridgehead atoms. The number of benzene rings is 1. The van der Waals surface area contributed by atoms with Crippen molar-refractivity contribution in [1.29, 1.82) is 0 Å². The maximum absolute atomic E-state index is 6.19. The number of fused-ring (bicyclic) bond motifs is 1. The van der Waals surface area contributed by atoms with Crippen molar-refractivity contribution in [3.8, 4) is 0 Å². The van der Waals surface area contributed by atoms with Gasteiger partial charge in [-0.25, -0.2) is 5.06 Å². The minimum atomic E-state index is 0.686. The summed E-state index contributed by atoms with van der Waals surface area (Å²) in [6.07, 6.45) is 11.2. The third kappa shape index (κ3) is 3.44. The normalized spacial score (nSPS) is 22.7. The van der Waals surface area contributed by atoms with Crippen molar-refractivity contribution in [1.82, 2.24) is 4.90 Å². The Morgan fingerprint density at radius 2 is 1.88 bits per heavy atom. The summed E-state index contributed by atoms with van der Waals surface area (Å²) in [5.41, 5.74) is 7.41. The molecule has 26 heavy (non-hydrogen) atoms. The summed E-state index contributed by atoms with van der Waals surface area (Å²) >= 11 is 0. The Hall–Kier alpha value is -1.32. The van der Waals surface area contributed by atoms with Crippen molar-refractivity contribution in [2.75, 3.05) is 24.8 Å². The molecule has 3 nitrogen and oxygen atoms in total. The number of allylic oxidation sites excluding steroid dienone is 1. The molecule has 0 radical (unpaired) electrons. The highest BCUT2D eigenvalue weighted by molar-refractivity contribution is 5.61. The summed E-state index contributed by atoms with van der Waals surface area (Å²) in [6.45, 7) is 7.87. The second kappa shape index (κ2) is 8.14. The molecule has 0 spiro atoms. The summed E-state index contributed by atoms with van der Waals surface area (Å²) in [4.78, 5) is 8.92. The molecule has 0 saturated carbocycles. The molecule has 1 aromatic rings.